The van der Waals surface area contributed by atoms with Gasteiger partial charge in [0.2, 0.25) is 0 Å². The van der Waals surface area contributed by atoms with Crippen molar-refractivity contribution in [1.82, 2.24) is 0 Å². The van der Waals surface area contributed by atoms with Gasteiger partial charge in [-0.25, -0.2) is 4.79 Å². The fourth-order valence-corrected chi connectivity index (χ4v) is 0.730. The van der Waals surface area contributed by atoms with Crippen LogP contribution < -0.4 is 5.73 Å². The number of rotatable bonds is 1. The summed E-state index contributed by atoms with van der Waals surface area (Å²) in [6, 6.07) is 3.87. The Labute approximate surface area is 99.0 Å². The molecule has 0 aliphatic rings. The number of hydrogen-bond donors (Lipinski definition) is 3. The zero-order valence-electron chi connectivity index (χ0n) is 6.32. The normalized spacial score (nSPS) is 8.67. The minimum Gasteiger partial charge on any atom is -0.507 e. The van der Waals surface area contributed by atoms with Gasteiger partial charge in [-0.15, -0.1) is 0 Å². The van der Waals surface area contributed by atoms with E-state index in [-0.39, 0.29) is 49.1 Å². The number of aromatic carboxylic acids is 1. The molecule has 0 aliphatic carbocycles. The van der Waals surface area contributed by atoms with Crippen LogP contribution >= 0.6 is 0 Å². The summed E-state index contributed by atoms with van der Waals surface area (Å²) < 4.78 is 0. The molecule has 0 bridgehead atoms. The molecule has 4 N–H and O–H groups in total. The average Bonchev–Trinajstić information content (AvgIpc) is 1.85. The van der Waals surface area contributed by atoms with Gasteiger partial charge in [0.1, 0.15) is 11.3 Å². The van der Waals surface area contributed by atoms with Crippen LogP contribution in [0.3, 0.4) is 0 Å². The topological polar surface area (TPSA) is 83.6 Å². The molecule has 60 valence electrons. The Balaban J connectivity index is 0.00000121. The molecule has 0 saturated carbocycles. The van der Waals surface area contributed by atoms with E-state index in [1.54, 1.807) is 0 Å². The Hall–Kier alpha value is -0.450. The largest absolute Gasteiger partial charge is 0.507 e. The summed E-state index contributed by atoms with van der Waals surface area (Å²) >= 11 is 0. The van der Waals surface area contributed by atoms with Crippen LogP contribution in [0.4, 0.5) is 5.69 Å². The predicted octanol–water partition coefficient (Wildman–Crippen LogP) is 0.292. The number of anilines is 1. The molecule has 5 heteroatoms. The van der Waals surface area contributed by atoms with Crippen molar-refractivity contribution in [2.45, 2.75) is 0 Å². The molecule has 0 saturated heterocycles. The van der Waals surface area contributed by atoms with Crippen LogP contribution in [0, 0.1) is 0 Å². The van der Waals surface area contributed by atoms with E-state index in [9.17, 15) is 4.79 Å². The van der Waals surface area contributed by atoms with Gasteiger partial charge in [0, 0.05) is 49.5 Å². The van der Waals surface area contributed by atoms with Gasteiger partial charge in [-0.2, -0.15) is 0 Å². The van der Waals surface area contributed by atoms with Crippen LogP contribution in [0.25, 0.3) is 0 Å². The van der Waals surface area contributed by atoms with Crippen LogP contribution in [0.5, 0.6) is 5.75 Å². The van der Waals surface area contributed by atoms with Gasteiger partial charge in [-0.3, -0.25) is 0 Å². The molecule has 4 nitrogen and oxygen atoms in total. The first-order valence-corrected chi connectivity index (χ1v) is 2.93. The van der Waals surface area contributed by atoms with Crippen molar-refractivity contribution in [3.63, 3.8) is 0 Å². The van der Waals surface area contributed by atoms with E-state index < -0.39 is 5.97 Å². The Morgan fingerprint density at radius 3 is 2.42 bits per heavy atom. The fourth-order valence-electron chi connectivity index (χ4n) is 0.730. The molecule has 1 rings (SSSR count). The van der Waals surface area contributed by atoms with Crippen molar-refractivity contribution in [3.05, 3.63) is 23.8 Å². The first-order chi connectivity index (χ1) is 5.11. The van der Waals surface area contributed by atoms with E-state index in [2.05, 4.69) is 0 Å². The second kappa shape index (κ2) is 4.54. The molecule has 1 aromatic rings. The Morgan fingerprint density at radius 2 is 2.00 bits per heavy atom. The number of carbonyl (C=O) groups is 1. The van der Waals surface area contributed by atoms with Crippen LogP contribution in [0.1, 0.15) is 10.4 Å². The number of hydrogen-bond acceptors (Lipinski definition) is 3. The molecular weight excluding hydrogens is 186 g/mol. The van der Waals surface area contributed by atoms with E-state index in [0.29, 0.717) is 5.69 Å². The third-order valence-corrected chi connectivity index (χ3v) is 1.25. The zero-order valence-corrected chi connectivity index (χ0v) is 8.53. The second-order valence-corrected chi connectivity index (χ2v) is 2.08. The molecule has 12 heavy (non-hydrogen) atoms. The van der Waals surface area contributed by atoms with Gasteiger partial charge >= 0.3 is 5.97 Å². The Kier molecular flexibility index (Phi) is 4.37. The average molecular weight is 193 g/mol. The van der Waals surface area contributed by atoms with Crippen molar-refractivity contribution < 1.29 is 15.0 Å². The third-order valence-electron chi connectivity index (χ3n) is 1.25. The van der Waals surface area contributed by atoms with E-state index in [0.717, 1.165) is 0 Å². The standard InChI is InChI=1S/C7H7NO3.Ca/c8-4-1-2-5(7(10)11)6(9)3-4;/h1-3,9H,8H2,(H,10,11);. The van der Waals surface area contributed by atoms with Gasteiger partial charge in [0.25, 0.3) is 0 Å². The molecule has 0 unspecified atom stereocenters. The van der Waals surface area contributed by atoms with Crippen LogP contribution in [-0.2, 0) is 0 Å². The maximum atomic E-state index is 10.3. The van der Waals surface area contributed by atoms with Crippen molar-refractivity contribution in [1.29, 1.82) is 0 Å². The second-order valence-electron chi connectivity index (χ2n) is 2.08. The number of phenols is 1. The predicted molar refractivity (Wildman–Crippen MR) is 45.2 cm³/mol. The minimum absolute atomic E-state index is 0. The SMILES string of the molecule is Nc1ccc(C(=O)O)c(O)c1.[Ca]. The summed E-state index contributed by atoms with van der Waals surface area (Å²) in [5.74, 6) is -1.47. The molecule has 0 atom stereocenters. The van der Waals surface area contributed by atoms with Gasteiger partial charge < -0.3 is 15.9 Å². The van der Waals surface area contributed by atoms with E-state index in [4.69, 9.17) is 15.9 Å². The maximum absolute atomic E-state index is 10.3. The summed E-state index contributed by atoms with van der Waals surface area (Å²) in [5.41, 5.74) is 5.48. The van der Waals surface area contributed by atoms with Gasteiger partial charge in [0.05, 0.1) is 0 Å². The van der Waals surface area contributed by atoms with Crippen molar-refractivity contribution >= 4 is 49.4 Å². The van der Waals surface area contributed by atoms with Crippen molar-refractivity contribution in [2.24, 2.45) is 0 Å². The molecule has 1 aromatic carbocycles. The quantitative estimate of drug-likeness (QED) is 0.442. The molecule has 0 amide bonds. The zero-order chi connectivity index (χ0) is 8.43. The number of nitrogen functional groups attached to an aromatic ring is 1. The smallest absolute Gasteiger partial charge is 0.339 e. The first kappa shape index (κ1) is 11.5. The van der Waals surface area contributed by atoms with Crippen molar-refractivity contribution in [3.8, 4) is 5.75 Å². The maximum Gasteiger partial charge on any atom is 0.339 e. The number of nitrogens with two attached hydrogens (primary N) is 1. The third kappa shape index (κ3) is 2.55. The number of aromatic hydroxyl groups is 1. The Morgan fingerprint density at radius 1 is 1.42 bits per heavy atom. The number of carboxylic acid groups (broad SMARTS) is 1. The molecule has 0 fully saturated rings. The monoisotopic (exact) mass is 193 g/mol. The van der Waals surface area contributed by atoms with Gasteiger partial charge in [-0.05, 0) is 12.1 Å². The van der Waals surface area contributed by atoms with Crippen LogP contribution in [0.2, 0.25) is 0 Å². The molecule has 0 aromatic heterocycles. The molecule has 0 spiro atoms. The molecular formula is C7H7CaNO3. The molecule has 0 aliphatic heterocycles. The number of benzene rings is 1. The van der Waals surface area contributed by atoms with E-state index in [1.165, 1.54) is 18.2 Å². The summed E-state index contributed by atoms with van der Waals surface area (Å²) in [7, 11) is 0. The van der Waals surface area contributed by atoms with Crippen LogP contribution in [0.15, 0.2) is 18.2 Å². The van der Waals surface area contributed by atoms with Gasteiger partial charge in [-0.1, -0.05) is 0 Å². The first-order valence-electron chi connectivity index (χ1n) is 2.93. The van der Waals surface area contributed by atoms with Gasteiger partial charge in [0.15, 0.2) is 0 Å². The summed E-state index contributed by atoms with van der Waals surface area (Å²) in [5, 5.41) is 17.5. The summed E-state index contributed by atoms with van der Waals surface area (Å²) in [6.45, 7) is 0. The molecule has 2 radical (unpaired) electrons. The fraction of sp³-hybridized carbons (Fsp3) is 0. The number of carboxylic acids is 1. The summed E-state index contributed by atoms with van der Waals surface area (Å²) in [6.07, 6.45) is 0. The Bertz CT molecular complexity index is 301. The summed E-state index contributed by atoms with van der Waals surface area (Å²) in [4.78, 5) is 10.3. The van der Waals surface area contributed by atoms with Crippen molar-refractivity contribution in [2.75, 3.05) is 5.73 Å². The molecule has 0 heterocycles. The van der Waals surface area contributed by atoms with E-state index >= 15 is 0 Å². The van der Waals surface area contributed by atoms with Crippen LogP contribution in [-0.4, -0.2) is 53.9 Å². The minimum atomic E-state index is -1.16. The van der Waals surface area contributed by atoms with E-state index in [1.807, 2.05) is 0 Å².